The van der Waals surface area contributed by atoms with Gasteiger partial charge in [-0.15, -0.1) is 0 Å². The van der Waals surface area contributed by atoms with E-state index >= 15 is 0 Å². The van der Waals surface area contributed by atoms with Crippen molar-refractivity contribution in [1.82, 2.24) is 9.88 Å². The Kier molecular flexibility index (Phi) is 5.49. The van der Waals surface area contributed by atoms with Gasteiger partial charge in [0.15, 0.2) is 0 Å². The van der Waals surface area contributed by atoms with Gasteiger partial charge in [0.2, 0.25) is 5.91 Å². The SMILES string of the molecule is CC[C@H](C(=O)O)N1CCC(C(=O)Nc2ccc(C)cn2)CC1. The van der Waals surface area contributed by atoms with Crippen LogP contribution < -0.4 is 5.32 Å². The second-order valence-electron chi connectivity index (χ2n) is 5.78. The second kappa shape index (κ2) is 7.35. The number of aromatic nitrogens is 1. The molecule has 1 aliphatic rings. The highest BCUT2D eigenvalue weighted by Gasteiger charge is 2.31. The summed E-state index contributed by atoms with van der Waals surface area (Å²) < 4.78 is 0. The third-order valence-corrected chi connectivity index (χ3v) is 4.18. The van der Waals surface area contributed by atoms with Crippen molar-refractivity contribution < 1.29 is 14.7 Å². The number of carboxylic acids is 1. The van der Waals surface area contributed by atoms with Crippen LogP contribution in [-0.4, -0.2) is 46.0 Å². The summed E-state index contributed by atoms with van der Waals surface area (Å²) in [7, 11) is 0. The lowest BCUT2D eigenvalue weighted by Crippen LogP contribution is -2.46. The van der Waals surface area contributed by atoms with E-state index in [-0.39, 0.29) is 11.8 Å². The number of piperidine rings is 1. The van der Waals surface area contributed by atoms with Crippen LogP contribution in [0.2, 0.25) is 0 Å². The molecule has 1 aromatic rings. The number of pyridine rings is 1. The normalized spacial score (nSPS) is 17.9. The van der Waals surface area contributed by atoms with Gasteiger partial charge in [-0.25, -0.2) is 4.98 Å². The predicted molar refractivity (Wildman–Crippen MR) is 83.6 cm³/mol. The molecule has 2 N–H and O–H groups in total. The average molecular weight is 305 g/mol. The van der Waals surface area contributed by atoms with Crippen LogP contribution in [0.1, 0.15) is 31.7 Å². The second-order valence-corrected chi connectivity index (χ2v) is 5.78. The number of rotatable bonds is 5. The fourth-order valence-corrected chi connectivity index (χ4v) is 2.83. The monoisotopic (exact) mass is 305 g/mol. The highest BCUT2D eigenvalue weighted by Crippen LogP contribution is 2.21. The molecule has 1 atom stereocenters. The zero-order valence-corrected chi connectivity index (χ0v) is 13.1. The summed E-state index contributed by atoms with van der Waals surface area (Å²) in [6.45, 7) is 5.11. The molecule has 120 valence electrons. The molecule has 0 aliphatic carbocycles. The summed E-state index contributed by atoms with van der Waals surface area (Å²) in [5, 5.41) is 12.0. The number of hydrogen-bond donors (Lipinski definition) is 2. The minimum atomic E-state index is -0.783. The van der Waals surface area contributed by atoms with Gasteiger partial charge in [0.25, 0.3) is 0 Å². The fourth-order valence-electron chi connectivity index (χ4n) is 2.83. The molecule has 1 fully saturated rings. The van der Waals surface area contributed by atoms with Gasteiger partial charge in [-0.2, -0.15) is 0 Å². The Morgan fingerprint density at radius 2 is 2.09 bits per heavy atom. The molecule has 22 heavy (non-hydrogen) atoms. The fraction of sp³-hybridized carbons (Fsp3) is 0.562. The summed E-state index contributed by atoms with van der Waals surface area (Å²) in [5.41, 5.74) is 1.05. The maximum atomic E-state index is 12.2. The summed E-state index contributed by atoms with van der Waals surface area (Å²) in [6.07, 6.45) is 3.67. The summed E-state index contributed by atoms with van der Waals surface area (Å²) >= 11 is 0. The molecule has 1 amide bonds. The van der Waals surface area contributed by atoms with E-state index in [0.29, 0.717) is 38.2 Å². The Bertz CT molecular complexity index is 522. The maximum Gasteiger partial charge on any atom is 0.320 e. The molecule has 2 heterocycles. The van der Waals surface area contributed by atoms with E-state index in [2.05, 4.69) is 10.3 Å². The highest BCUT2D eigenvalue weighted by molar-refractivity contribution is 5.91. The van der Waals surface area contributed by atoms with E-state index in [4.69, 9.17) is 0 Å². The van der Waals surface area contributed by atoms with E-state index in [1.54, 1.807) is 12.3 Å². The van der Waals surface area contributed by atoms with Gasteiger partial charge >= 0.3 is 5.97 Å². The van der Waals surface area contributed by atoms with E-state index in [1.807, 2.05) is 24.8 Å². The largest absolute Gasteiger partial charge is 0.480 e. The van der Waals surface area contributed by atoms with Crippen molar-refractivity contribution >= 4 is 17.7 Å². The molecule has 0 aromatic carbocycles. The molecular formula is C16H23N3O3. The predicted octanol–water partition coefficient (Wildman–Crippen LogP) is 1.90. The Morgan fingerprint density at radius 3 is 2.59 bits per heavy atom. The van der Waals surface area contributed by atoms with Crippen molar-refractivity contribution in [3.63, 3.8) is 0 Å². The van der Waals surface area contributed by atoms with Crippen LogP contribution in [0.3, 0.4) is 0 Å². The first kappa shape index (κ1) is 16.4. The lowest BCUT2D eigenvalue weighted by molar-refractivity contribution is -0.144. The van der Waals surface area contributed by atoms with Crippen molar-refractivity contribution in [2.75, 3.05) is 18.4 Å². The quantitative estimate of drug-likeness (QED) is 0.868. The molecule has 1 saturated heterocycles. The lowest BCUT2D eigenvalue weighted by atomic mass is 9.94. The maximum absolute atomic E-state index is 12.2. The molecular weight excluding hydrogens is 282 g/mol. The Labute approximate surface area is 130 Å². The molecule has 0 spiro atoms. The number of hydrogen-bond acceptors (Lipinski definition) is 4. The molecule has 0 unspecified atom stereocenters. The van der Waals surface area contributed by atoms with Gasteiger partial charge in [-0.1, -0.05) is 13.0 Å². The number of carbonyl (C=O) groups is 2. The molecule has 0 saturated carbocycles. The number of likely N-dealkylation sites (tertiary alicyclic amines) is 1. The average Bonchev–Trinajstić information content (AvgIpc) is 2.50. The summed E-state index contributed by atoms with van der Waals surface area (Å²) in [6, 6.07) is 3.26. The van der Waals surface area contributed by atoms with Crippen molar-refractivity contribution in [3.8, 4) is 0 Å². The van der Waals surface area contributed by atoms with Gasteiger partial charge in [0.05, 0.1) is 0 Å². The first-order valence-electron chi connectivity index (χ1n) is 7.71. The number of anilines is 1. The van der Waals surface area contributed by atoms with Crippen molar-refractivity contribution in [2.45, 2.75) is 39.2 Å². The topological polar surface area (TPSA) is 82.5 Å². The number of carboxylic acid groups (broad SMARTS) is 1. The first-order valence-corrected chi connectivity index (χ1v) is 7.71. The van der Waals surface area contributed by atoms with E-state index in [9.17, 15) is 14.7 Å². The first-order chi connectivity index (χ1) is 10.5. The molecule has 1 aromatic heterocycles. The van der Waals surface area contributed by atoms with Crippen LogP contribution in [-0.2, 0) is 9.59 Å². The standard InChI is InChI=1S/C16H23N3O3/c1-3-13(16(21)22)19-8-6-12(7-9-19)15(20)18-14-5-4-11(2)10-17-14/h4-5,10,12-13H,3,6-9H2,1-2H3,(H,21,22)(H,17,18,20)/t13-/m1/s1. The van der Waals surface area contributed by atoms with Crippen LogP contribution in [0.15, 0.2) is 18.3 Å². The Morgan fingerprint density at radius 1 is 1.41 bits per heavy atom. The zero-order chi connectivity index (χ0) is 16.1. The smallest absolute Gasteiger partial charge is 0.320 e. The lowest BCUT2D eigenvalue weighted by Gasteiger charge is -2.34. The number of nitrogens with zero attached hydrogens (tertiary/aromatic N) is 2. The molecule has 6 nitrogen and oxygen atoms in total. The van der Waals surface area contributed by atoms with Crippen molar-refractivity contribution in [1.29, 1.82) is 0 Å². The number of nitrogens with one attached hydrogen (secondary N) is 1. The minimum Gasteiger partial charge on any atom is -0.480 e. The van der Waals surface area contributed by atoms with E-state index < -0.39 is 12.0 Å². The van der Waals surface area contributed by atoms with Crippen LogP contribution in [0, 0.1) is 12.8 Å². The Balaban J connectivity index is 1.87. The zero-order valence-electron chi connectivity index (χ0n) is 13.1. The van der Waals surface area contributed by atoms with Gasteiger partial charge in [0.1, 0.15) is 11.9 Å². The molecule has 0 radical (unpaired) electrons. The molecule has 2 rings (SSSR count). The number of carbonyl (C=O) groups excluding carboxylic acids is 1. The van der Waals surface area contributed by atoms with Crippen LogP contribution in [0.25, 0.3) is 0 Å². The highest BCUT2D eigenvalue weighted by atomic mass is 16.4. The summed E-state index contributed by atoms with van der Waals surface area (Å²) in [4.78, 5) is 29.6. The molecule has 0 bridgehead atoms. The van der Waals surface area contributed by atoms with Gasteiger partial charge in [-0.3, -0.25) is 14.5 Å². The third-order valence-electron chi connectivity index (χ3n) is 4.18. The van der Waals surface area contributed by atoms with E-state index in [0.717, 1.165) is 5.56 Å². The number of aryl methyl sites for hydroxylation is 1. The van der Waals surface area contributed by atoms with Gasteiger partial charge in [-0.05, 0) is 50.9 Å². The van der Waals surface area contributed by atoms with Crippen LogP contribution in [0.5, 0.6) is 0 Å². The molecule has 1 aliphatic heterocycles. The van der Waals surface area contributed by atoms with Crippen molar-refractivity contribution in [2.24, 2.45) is 5.92 Å². The van der Waals surface area contributed by atoms with Gasteiger partial charge in [0, 0.05) is 12.1 Å². The molecule has 6 heteroatoms. The number of aliphatic carboxylic acids is 1. The third kappa shape index (κ3) is 4.04. The van der Waals surface area contributed by atoms with Crippen LogP contribution in [0.4, 0.5) is 5.82 Å². The summed E-state index contributed by atoms with van der Waals surface area (Å²) in [5.74, 6) is -0.325. The van der Waals surface area contributed by atoms with Crippen molar-refractivity contribution in [3.05, 3.63) is 23.9 Å². The minimum absolute atomic E-state index is 0.0284. The number of amides is 1. The Hall–Kier alpha value is -1.95. The van der Waals surface area contributed by atoms with Gasteiger partial charge < -0.3 is 10.4 Å². The van der Waals surface area contributed by atoms with Crippen LogP contribution >= 0.6 is 0 Å². The van der Waals surface area contributed by atoms with E-state index in [1.165, 1.54) is 0 Å².